The van der Waals surface area contributed by atoms with Gasteiger partial charge in [-0.3, -0.25) is 4.79 Å². The number of rotatable bonds is 9. The number of hydrogen-bond donors (Lipinski definition) is 2. The minimum atomic E-state index is -0.269. The van der Waals surface area contributed by atoms with E-state index in [1.165, 1.54) is 35.2 Å². The highest BCUT2D eigenvalue weighted by atomic mass is 32.2. The second kappa shape index (κ2) is 10.0. The van der Waals surface area contributed by atoms with Crippen molar-refractivity contribution in [1.29, 1.82) is 0 Å². The van der Waals surface area contributed by atoms with E-state index >= 15 is 0 Å². The van der Waals surface area contributed by atoms with Crippen LogP contribution in [0.25, 0.3) is 0 Å². The Morgan fingerprint density at radius 2 is 2.07 bits per heavy atom. The first-order valence-corrected chi connectivity index (χ1v) is 10.3. The molecule has 0 aliphatic rings. The minimum Gasteiger partial charge on any atom is -0.497 e. The second-order valence-corrected chi connectivity index (χ2v) is 7.95. The first-order chi connectivity index (χ1) is 13.6. The summed E-state index contributed by atoms with van der Waals surface area (Å²) in [5.41, 5.74) is 1.70. The molecule has 6 nitrogen and oxygen atoms in total. The van der Waals surface area contributed by atoms with Crippen LogP contribution in [0.3, 0.4) is 0 Å². The number of anilines is 2. The van der Waals surface area contributed by atoms with Crippen molar-refractivity contribution < 1.29 is 13.9 Å². The van der Waals surface area contributed by atoms with Crippen LogP contribution in [0, 0.1) is 5.82 Å². The van der Waals surface area contributed by atoms with E-state index in [9.17, 15) is 9.18 Å². The molecular formula is C19H19FN4O2S2. The normalized spacial score (nSPS) is 10.5. The lowest BCUT2D eigenvalue weighted by Gasteiger charge is -2.05. The predicted molar refractivity (Wildman–Crippen MR) is 110 cm³/mol. The largest absolute Gasteiger partial charge is 0.497 e. The van der Waals surface area contributed by atoms with E-state index in [1.807, 2.05) is 30.3 Å². The molecule has 0 atom stereocenters. The molecule has 0 aliphatic carbocycles. The quantitative estimate of drug-likeness (QED) is 0.514. The molecule has 2 N–H and O–H groups in total. The van der Waals surface area contributed by atoms with Gasteiger partial charge in [0.15, 0.2) is 4.34 Å². The molecule has 0 fully saturated rings. The van der Waals surface area contributed by atoms with E-state index in [1.54, 1.807) is 13.2 Å². The lowest BCUT2D eigenvalue weighted by molar-refractivity contribution is -0.118. The Hall–Kier alpha value is -2.65. The molecule has 1 heterocycles. The number of halogens is 1. The van der Waals surface area contributed by atoms with Crippen molar-refractivity contribution in [3.05, 3.63) is 59.9 Å². The van der Waals surface area contributed by atoms with Crippen molar-refractivity contribution in [2.24, 2.45) is 0 Å². The summed E-state index contributed by atoms with van der Waals surface area (Å²) in [6.45, 7) is 0.460. The van der Waals surface area contributed by atoms with Gasteiger partial charge in [0.2, 0.25) is 11.0 Å². The molecule has 0 radical (unpaired) electrons. The smallest absolute Gasteiger partial charge is 0.230 e. The van der Waals surface area contributed by atoms with Gasteiger partial charge in [0, 0.05) is 18.3 Å². The Labute approximate surface area is 170 Å². The Balaban J connectivity index is 1.41. The van der Waals surface area contributed by atoms with Crippen LogP contribution in [0.2, 0.25) is 0 Å². The minimum absolute atomic E-state index is 0.0982. The maximum absolute atomic E-state index is 13.1. The van der Waals surface area contributed by atoms with Crippen LogP contribution >= 0.6 is 23.1 Å². The molecule has 3 aromatic rings. The number of nitrogens with zero attached hydrogens (tertiary/aromatic N) is 2. The number of aromatic nitrogens is 2. The van der Waals surface area contributed by atoms with E-state index < -0.39 is 0 Å². The van der Waals surface area contributed by atoms with Crippen LogP contribution in [-0.2, 0) is 11.2 Å². The zero-order chi connectivity index (χ0) is 19.8. The molecule has 0 spiro atoms. The number of ether oxygens (including phenoxy) is 1. The van der Waals surface area contributed by atoms with E-state index in [4.69, 9.17) is 4.74 Å². The highest BCUT2D eigenvalue weighted by molar-refractivity contribution is 8.01. The van der Waals surface area contributed by atoms with Crippen LogP contribution in [0.1, 0.15) is 5.56 Å². The van der Waals surface area contributed by atoms with Crippen LogP contribution in [0.15, 0.2) is 52.9 Å². The standard InChI is InChI=1S/C19H19FN4O2S2/c1-26-16-7-3-6-15(11-16)22-18-23-24-19(28-18)27-12-17(25)21-9-8-13-4-2-5-14(20)10-13/h2-7,10-11H,8-9,12H2,1H3,(H,21,25)(H,22,23). The summed E-state index contributed by atoms with van der Waals surface area (Å²) in [4.78, 5) is 12.0. The van der Waals surface area contributed by atoms with Gasteiger partial charge in [0.25, 0.3) is 0 Å². The molecule has 0 aliphatic heterocycles. The van der Waals surface area contributed by atoms with Gasteiger partial charge in [-0.2, -0.15) is 0 Å². The van der Waals surface area contributed by atoms with E-state index in [0.29, 0.717) is 22.4 Å². The van der Waals surface area contributed by atoms with Crippen LogP contribution in [0.5, 0.6) is 5.75 Å². The Kier molecular flexibility index (Phi) is 7.21. The van der Waals surface area contributed by atoms with Gasteiger partial charge >= 0.3 is 0 Å². The molecule has 0 unspecified atom stereocenters. The molecule has 1 amide bonds. The third kappa shape index (κ3) is 6.21. The molecule has 0 saturated carbocycles. The van der Waals surface area contributed by atoms with Gasteiger partial charge in [-0.15, -0.1) is 10.2 Å². The van der Waals surface area contributed by atoms with Crippen molar-refractivity contribution in [3.8, 4) is 5.75 Å². The summed E-state index contributed by atoms with van der Waals surface area (Å²) in [5, 5.41) is 14.8. The topological polar surface area (TPSA) is 76.1 Å². The van der Waals surface area contributed by atoms with E-state index in [-0.39, 0.29) is 17.5 Å². The summed E-state index contributed by atoms with van der Waals surface area (Å²) in [6, 6.07) is 13.9. The molecule has 28 heavy (non-hydrogen) atoms. The third-order valence-corrected chi connectivity index (χ3v) is 5.65. The fourth-order valence-electron chi connectivity index (χ4n) is 2.36. The number of carbonyl (C=O) groups is 1. The predicted octanol–water partition coefficient (Wildman–Crippen LogP) is 3.88. The Morgan fingerprint density at radius 1 is 1.21 bits per heavy atom. The second-order valence-electron chi connectivity index (χ2n) is 5.75. The lowest BCUT2D eigenvalue weighted by Crippen LogP contribution is -2.27. The van der Waals surface area contributed by atoms with E-state index in [2.05, 4.69) is 20.8 Å². The van der Waals surface area contributed by atoms with Crippen LogP contribution < -0.4 is 15.4 Å². The van der Waals surface area contributed by atoms with Crippen molar-refractivity contribution in [2.75, 3.05) is 24.7 Å². The van der Waals surface area contributed by atoms with Gasteiger partial charge in [-0.1, -0.05) is 41.3 Å². The number of methoxy groups -OCH3 is 1. The fraction of sp³-hybridized carbons (Fsp3) is 0.211. The maximum atomic E-state index is 13.1. The number of carbonyl (C=O) groups excluding carboxylic acids is 1. The first-order valence-electron chi connectivity index (χ1n) is 8.51. The van der Waals surface area contributed by atoms with E-state index in [0.717, 1.165) is 17.0 Å². The SMILES string of the molecule is COc1cccc(Nc2nnc(SCC(=O)NCCc3cccc(F)c3)s2)c1. The van der Waals surface area contributed by atoms with Gasteiger partial charge in [0.05, 0.1) is 12.9 Å². The maximum Gasteiger partial charge on any atom is 0.230 e. The Morgan fingerprint density at radius 3 is 2.89 bits per heavy atom. The summed E-state index contributed by atoms with van der Waals surface area (Å²) < 4.78 is 19.0. The molecular weight excluding hydrogens is 399 g/mol. The molecule has 0 saturated heterocycles. The molecule has 0 bridgehead atoms. The van der Waals surface area contributed by atoms with Crippen LogP contribution in [-0.4, -0.2) is 35.5 Å². The van der Waals surface area contributed by atoms with Gasteiger partial charge in [-0.25, -0.2) is 4.39 Å². The highest BCUT2D eigenvalue weighted by Gasteiger charge is 2.09. The molecule has 1 aromatic heterocycles. The fourth-order valence-corrected chi connectivity index (χ4v) is 3.96. The average molecular weight is 419 g/mol. The summed E-state index contributed by atoms with van der Waals surface area (Å²) in [7, 11) is 1.61. The zero-order valence-corrected chi connectivity index (χ0v) is 16.8. The summed E-state index contributed by atoms with van der Waals surface area (Å²) in [6.07, 6.45) is 0.585. The molecule has 3 rings (SSSR count). The van der Waals surface area contributed by atoms with Gasteiger partial charge in [-0.05, 0) is 36.2 Å². The zero-order valence-electron chi connectivity index (χ0n) is 15.1. The van der Waals surface area contributed by atoms with Crippen molar-refractivity contribution in [2.45, 2.75) is 10.8 Å². The molecule has 2 aromatic carbocycles. The summed E-state index contributed by atoms with van der Waals surface area (Å²) in [5.74, 6) is 0.628. The number of amides is 1. The van der Waals surface area contributed by atoms with Crippen molar-refractivity contribution in [3.63, 3.8) is 0 Å². The molecule has 9 heteroatoms. The van der Waals surface area contributed by atoms with Crippen molar-refractivity contribution >= 4 is 39.8 Å². The highest BCUT2D eigenvalue weighted by Crippen LogP contribution is 2.28. The Bertz CT molecular complexity index is 936. The monoisotopic (exact) mass is 418 g/mol. The number of nitrogens with one attached hydrogen (secondary N) is 2. The number of thioether (sulfide) groups is 1. The summed E-state index contributed by atoms with van der Waals surface area (Å²) >= 11 is 2.70. The molecule has 146 valence electrons. The average Bonchev–Trinajstić information content (AvgIpc) is 3.14. The lowest BCUT2D eigenvalue weighted by atomic mass is 10.1. The third-order valence-electron chi connectivity index (χ3n) is 3.68. The van der Waals surface area contributed by atoms with Crippen LogP contribution in [0.4, 0.5) is 15.2 Å². The first kappa shape index (κ1) is 20.1. The number of hydrogen-bond acceptors (Lipinski definition) is 7. The van der Waals surface area contributed by atoms with Gasteiger partial charge < -0.3 is 15.4 Å². The number of benzene rings is 2. The van der Waals surface area contributed by atoms with Crippen molar-refractivity contribution in [1.82, 2.24) is 15.5 Å². The van der Waals surface area contributed by atoms with Gasteiger partial charge in [0.1, 0.15) is 11.6 Å².